The molecule has 3 nitrogen and oxygen atoms in total. The summed E-state index contributed by atoms with van der Waals surface area (Å²) in [6.45, 7) is 4.25. The number of nitrogens with one attached hydrogen (secondary N) is 1. The molecule has 1 amide bonds. The molecule has 2 rings (SSSR count). The Kier molecular flexibility index (Phi) is 7.18. The number of anilines is 1. The normalized spacial score (nSPS) is 10.7. The van der Waals surface area contributed by atoms with Gasteiger partial charge in [-0.2, -0.15) is 0 Å². The van der Waals surface area contributed by atoms with E-state index in [1.807, 2.05) is 36.4 Å². The van der Waals surface area contributed by atoms with E-state index in [-0.39, 0.29) is 5.91 Å². The number of hydrogen-bond acceptors (Lipinski definition) is 3. The van der Waals surface area contributed by atoms with Gasteiger partial charge in [-0.15, -0.1) is 11.8 Å². The van der Waals surface area contributed by atoms with Crippen LogP contribution in [0.4, 0.5) is 5.69 Å². The summed E-state index contributed by atoms with van der Waals surface area (Å²) in [6, 6.07) is 13.9. The van der Waals surface area contributed by atoms with Gasteiger partial charge in [-0.3, -0.25) is 4.79 Å². The van der Waals surface area contributed by atoms with E-state index >= 15 is 0 Å². The fourth-order valence-electron chi connectivity index (χ4n) is 2.41. The number of hydrogen-bond donors (Lipinski definition) is 1. The number of para-hydroxylation sites is 1. The second-order valence-corrected chi connectivity index (χ2v) is 7.64. The summed E-state index contributed by atoms with van der Waals surface area (Å²) in [4.78, 5) is 12.2. The SMILES string of the molecule is COc1ccc(Br)cc1CSCC(=O)Nc1ccccc1C(C)C. The fourth-order valence-corrected chi connectivity index (χ4v) is 3.63. The third-order valence-corrected chi connectivity index (χ3v) is 5.06. The second kappa shape index (κ2) is 9.14. The monoisotopic (exact) mass is 407 g/mol. The van der Waals surface area contributed by atoms with Gasteiger partial charge in [-0.1, -0.05) is 48.0 Å². The molecule has 5 heteroatoms. The lowest BCUT2D eigenvalue weighted by atomic mass is 10.0. The molecule has 24 heavy (non-hydrogen) atoms. The van der Waals surface area contributed by atoms with Crippen molar-refractivity contribution in [2.75, 3.05) is 18.2 Å². The summed E-state index contributed by atoms with van der Waals surface area (Å²) >= 11 is 5.04. The first-order chi connectivity index (χ1) is 11.5. The number of carbonyl (C=O) groups excluding carboxylic acids is 1. The Labute approximate surface area is 156 Å². The zero-order chi connectivity index (χ0) is 17.5. The zero-order valence-electron chi connectivity index (χ0n) is 14.1. The molecule has 0 heterocycles. The molecule has 2 aromatic rings. The van der Waals surface area contributed by atoms with Gasteiger partial charge in [0.05, 0.1) is 12.9 Å². The van der Waals surface area contributed by atoms with Gasteiger partial charge in [0.2, 0.25) is 5.91 Å². The largest absolute Gasteiger partial charge is 0.496 e. The van der Waals surface area contributed by atoms with E-state index in [9.17, 15) is 4.79 Å². The van der Waals surface area contributed by atoms with E-state index in [0.717, 1.165) is 32.8 Å². The van der Waals surface area contributed by atoms with Crippen molar-refractivity contribution in [2.45, 2.75) is 25.5 Å². The van der Waals surface area contributed by atoms with E-state index in [0.29, 0.717) is 11.7 Å². The summed E-state index contributed by atoms with van der Waals surface area (Å²) in [6.07, 6.45) is 0. The van der Waals surface area contributed by atoms with Crippen LogP contribution in [0.3, 0.4) is 0 Å². The van der Waals surface area contributed by atoms with Crippen LogP contribution in [-0.4, -0.2) is 18.8 Å². The minimum atomic E-state index is 0.0158. The first-order valence-corrected chi connectivity index (χ1v) is 9.75. The van der Waals surface area contributed by atoms with Crippen molar-refractivity contribution >= 4 is 39.3 Å². The zero-order valence-corrected chi connectivity index (χ0v) is 16.5. The second-order valence-electron chi connectivity index (χ2n) is 5.74. The number of halogens is 1. The summed E-state index contributed by atoms with van der Waals surface area (Å²) in [5.41, 5.74) is 3.13. The average Bonchev–Trinajstić information content (AvgIpc) is 2.55. The Balaban J connectivity index is 1.92. The number of carbonyl (C=O) groups is 1. The summed E-state index contributed by atoms with van der Waals surface area (Å²) in [5.74, 6) is 2.36. The quantitative estimate of drug-likeness (QED) is 0.662. The van der Waals surface area contributed by atoms with Crippen LogP contribution < -0.4 is 10.1 Å². The highest BCUT2D eigenvalue weighted by atomic mass is 79.9. The van der Waals surface area contributed by atoms with Crippen LogP contribution in [-0.2, 0) is 10.5 Å². The van der Waals surface area contributed by atoms with Gasteiger partial charge in [0, 0.05) is 21.5 Å². The first-order valence-electron chi connectivity index (χ1n) is 7.80. The van der Waals surface area contributed by atoms with Gasteiger partial charge in [0.15, 0.2) is 0 Å². The minimum absolute atomic E-state index is 0.0158. The molecule has 0 saturated carbocycles. The molecule has 0 aromatic heterocycles. The number of methoxy groups -OCH3 is 1. The van der Waals surface area contributed by atoms with Gasteiger partial charge < -0.3 is 10.1 Å². The van der Waals surface area contributed by atoms with Gasteiger partial charge in [0.1, 0.15) is 5.75 Å². The maximum atomic E-state index is 12.2. The van der Waals surface area contributed by atoms with Crippen LogP contribution in [0.1, 0.15) is 30.9 Å². The molecule has 0 bridgehead atoms. The predicted octanol–water partition coefficient (Wildman–Crippen LogP) is 5.45. The van der Waals surface area contributed by atoms with Crippen molar-refractivity contribution in [2.24, 2.45) is 0 Å². The molecule has 0 unspecified atom stereocenters. The molecule has 128 valence electrons. The smallest absolute Gasteiger partial charge is 0.234 e. The van der Waals surface area contributed by atoms with Crippen molar-refractivity contribution in [1.82, 2.24) is 0 Å². The molecule has 0 radical (unpaired) electrons. The molecule has 2 aromatic carbocycles. The van der Waals surface area contributed by atoms with Crippen LogP contribution in [0.15, 0.2) is 46.9 Å². The third-order valence-electron chi connectivity index (χ3n) is 3.59. The highest BCUT2D eigenvalue weighted by Gasteiger charge is 2.10. The van der Waals surface area contributed by atoms with Crippen molar-refractivity contribution in [1.29, 1.82) is 0 Å². The van der Waals surface area contributed by atoms with Crippen molar-refractivity contribution in [3.05, 3.63) is 58.1 Å². The van der Waals surface area contributed by atoms with Crippen LogP contribution in [0, 0.1) is 0 Å². The lowest BCUT2D eigenvalue weighted by Crippen LogP contribution is -2.15. The summed E-state index contributed by atoms with van der Waals surface area (Å²) < 4.78 is 6.37. The molecular formula is C19H22BrNO2S. The van der Waals surface area contributed by atoms with Crippen molar-refractivity contribution in [3.8, 4) is 5.75 Å². The van der Waals surface area contributed by atoms with Gasteiger partial charge in [0.25, 0.3) is 0 Å². The Bertz CT molecular complexity index is 704. The van der Waals surface area contributed by atoms with E-state index in [4.69, 9.17) is 4.74 Å². The Morgan fingerprint density at radius 3 is 2.71 bits per heavy atom. The molecule has 1 N–H and O–H groups in total. The van der Waals surface area contributed by atoms with Crippen molar-refractivity contribution < 1.29 is 9.53 Å². The number of amides is 1. The highest BCUT2D eigenvalue weighted by molar-refractivity contribution is 9.10. The van der Waals surface area contributed by atoms with E-state index in [1.54, 1.807) is 18.9 Å². The molecule has 0 saturated heterocycles. The number of benzene rings is 2. The Morgan fingerprint density at radius 2 is 2.00 bits per heavy atom. The first kappa shape index (κ1) is 18.9. The van der Waals surface area contributed by atoms with Crippen LogP contribution in [0.2, 0.25) is 0 Å². The molecular weight excluding hydrogens is 386 g/mol. The molecule has 0 aliphatic carbocycles. The maximum absolute atomic E-state index is 12.2. The Hall–Kier alpha value is -1.46. The highest BCUT2D eigenvalue weighted by Crippen LogP contribution is 2.27. The number of rotatable bonds is 7. The van der Waals surface area contributed by atoms with E-state index in [2.05, 4.69) is 41.2 Å². The lowest BCUT2D eigenvalue weighted by molar-refractivity contribution is -0.113. The van der Waals surface area contributed by atoms with Crippen LogP contribution >= 0.6 is 27.7 Å². The van der Waals surface area contributed by atoms with E-state index in [1.165, 1.54) is 0 Å². The van der Waals surface area contributed by atoms with Gasteiger partial charge >= 0.3 is 0 Å². The topological polar surface area (TPSA) is 38.3 Å². The van der Waals surface area contributed by atoms with Crippen molar-refractivity contribution in [3.63, 3.8) is 0 Å². The fraction of sp³-hybridized carbons (Fsp3) is 0.316. The predicted molar refractivity (Wildman–Crippen MR) is 106 cm³/mol. The molecule has 0 aliphatic rings. The minimum Gasteiger partial charge on any atom is -0.496 e. The van der Waals surface area contributed by atoms with Gasteiger partial charge in [-0.05, 0) is 35.7 Å². The Morgan fingerprint density at radius 1 is 1.25 bits per heavy atom. The van der Waals surface area contributed by atoms with E-state index < -0.39 is 0 Å². The summed E-state index contributed by atoms with van der Waals surface area (Å²) in [5, 5.41) is 3.02. The maximum Gasteiger partial charge on any atom is 0.234 e. The molecule has 0 spiro atoms. The third kappa shape index (κ3) is 5.28. The molecule has 0 fully saturated rings. The average molecular weight is 408 g/mol. The molecule has 0 atom stereocenters. The summed E-state index contributed by atoms with van der Waals surface area (Å²) in [7, 11) is 1.66. The lowest BCUT2D eigenvalue weighted by Gasteiger charge is -2.13. The standard InChI is InChI=1S/C19H22BrNO2S/c1-13(2)16-6-4-5-7-17(16)21-19(22)12-24-11-14-10-15(20)8-9-18(14)23-3/h4-10,13H,11-12H2,1-3H3,(H,21,22). The van der Waals surface area contributed by atoms with Crippen LogP contribution in [0.5, 0.6) is 5.75 Å². The molecule has 0 aliphatic heterocycles. The number of thioether (sulfide) groups is 1. The van der Waals surface area contributed by atoms with Gasteiger partial charge in [-0.25, -0.2) is 0 Å². The number of ether oxygens (including phenoxy) is 1. The van der Waals surface area contributed by atoms with Crippen LogP contribution in [0.25, 0.3) is 0 Å².